The first-order chi connectivity index (χ1) is 8.80. The van der Waals surface area contributed by atoms with E-state index in [9.17, 15) is 0 Å². The number of hydrogen-bond acceptors (Lipinski definition) is 6. The van der Waals surface area contributed by atoms with Crippen molar-refractivity contribution in [3.05, 3.63) is 34.3 Å². The van der Waals surface area contributed by atoms with Crippen molar-refractivity contribution >= 4 is 11.3 Å². The lowest BCUT2D eigenvalue weighted by Crippen LogP contribution is -2.17. The highest BCUT2D eigenvalue weighted by Crippen LogP contribution is 2.34. The summed E-state index contributed by atoms with van der Waals surface area (Å²) in [6, 6.07) is 2.34. The second-order valence-corrected chi connectivity index (χ2v) is 4.53. The van der Waals surface area contributed by atoms with Gasteiger partial charge in [-0.2, -0.15) is 0 Å². The van der Waals surface area contributed by atoms with Crippen molar-refractivity contribution in [1.29, 1.82) is 0 Å². The van der Waals surface area contributed by atoms with Gasteiger partial charge in [0.2, 0.25) is 0 Å². The van der Waals surface area contributed by atoms with Crippen molar-refractivity contribution in [3.8, 4) is 11.8 Å². The predicted molar refractivity (Wildman–Crippen MR) is 70.4 cm³/mol. The Balaban J connectivity index is 2.32. The number of aromatic nitrogens is 2. The maximum absolute atomic E-state index is 5.34. The van der Waals surface area contributed by atoms with Crippen LogP contribution >= 0.6 is 11.3 Å². The highest BCUT2D eigenvalue weighted by molar-refractivity contribution is 7.10. The Morgan fingerprint density at radius 2 is 1.94 bits per heavy atom. The molecule has 6 heteroatoms. The van der Waals surface area contributed by atoms with Gasteiger partial charge in [0.15, 0.2) is 0 Å². The Hall–Kier alpha value is -1.66. The van der Waals surface area contributed by atoms with Crippen molar-refractivity contribution in [2.75, 3.05) is 21.3 Å². The van der Waals surface area contributed by atoms with Crippen LogP contribution in [0.25, 0.3) is 0 Å². The molecule has 2 aromatic heterocycles. The molecule has 2 aromatic rings. The van der Waals surface area contributed by atoms with Crippen LogP contribution in [0.5, 0.6) is 11.8 Å². The average molecular weight is 265 g/mol. The van der Waals surface area contributed by atoms with E-state index in [1.807, 2.05) is 18.5 Å². The van der Waals surface area contributed by atoms with Gasteiger partial charge >= 0.3 is 6.01 Å². The van der Waals surface area contributed by atoms with Gasteiger partial charge in [0.1, 0.15) is 5.75 Å². The van der Waals surface area contributed by atoms with E-state index in [1.165, 1.54) is 0 Å². The van der Waals surface area contributed by atoms with Gasteiger partial charge in [-0.1, -0.05) is 0 Å². The maximum Gasteiger partial charge on any atom is 0.316 e. The molecule has 5 nitrogen and oxygen atoms in total. The predicted octanol–water partition coefficient (Wildman–Crippen LogP) is 1.86. The molecule has 1 atom stereocenters. The van der Waals surface area contributed by atoms with Gasteiger partial charge in [-0.05, 0) is 18.5 Å². The van der Waals surface area contributed by atoms with Crippen LogP contribution in [0.4, 0.5) is 0 Å². The number of nitrogens with one attached hydrogen (secondary N) is 1. The molecule has 0 spiro atoms. The normalized spacial score (nSPS) is 12.2. The first kappa shape index (κ1) is 12.8. The van der Waals surface area contributed by atoms with E-state index in [1.54, 1.807) is 38.0 Å². The van der Waals surface area contributed by atoms with Crippen LogP contribution in [0.3, 0.4) is 0 Å². The Kier molecular flexibility index (Phi) is 4.11. The molecular formula is C12H15N3O2S. The summed E-state index contributed by atoms with van der Waals surface area (Å²) in [7, 11) is 5.11. The first-order valence-electron chi connectivity index (χ1n) is 5.44. The van der Waals surface area contributed by atoms with Gasteiger partial charge in [-0.25, -0.2) is 9.97 Å². The Labute approximate surface area is 110 Å². The van der Waals surface area contributed by atoms with E-state index in [0.717, 1.165) is 16.2 Å². The third kappa shape index (κ3) is 2.44. The standard InChI is InChI=1S/C12H15N3O2S/c1-13-10(11-9(16-2)4-5-18-11)8-6-14-12(17-3)15-7-8/h4-7,10,13H,1-3H3. The molecule has 0 aliphatic carbocycles. The van der Waals surface area contributed by atoms with Gasteiger partial charge in [0.05, 0.1) is 25.1 Å². The molecule has 0 saturated carbocycles. The SMILES string of the molecule is CNC(c1cnc(OC)nc1)c1sccc1OC. The molecule has 0 bridgehead atoms. The molecule has 0 radical (unpaired) electrons. The van der Waals surface area contributed by atoms with E-state index < -0.39 is 0 Å². The lowest BCUT2D eigenvalue weighted by Gasteiger charge is -2.16. The van der Waals surface area contributed by atoms with Gasteiger partial charge < -0.3 is 14.8 Å². The van der Waals surface area contributed by atoms with Crippen LogP contribution in [0, 0.1) is 0 Å². The van der Waals surface area contributed by atoms with Crippen LogP contribution in [0.15, 0.2) is 23.8 Å². The van der Waals surface area contributed by atoms with Crippen molar-refractivity contribution < 1.29 is 9.47 Å². The third-order valence-corrected chi connectivity index (χ3v) is 3.56. The highest BCUT2D eigenvalue weighted by Gasteiger charge is 2.18. The molecule has 18 heavy (non-hydrogen) atoms. The summed E-state index contributed by atoms with van der Waals surface area (Å²) < 4.78 is 10.3. The maximum atomic E-state index is 5.34. The summed E-state index contributed by atoms with van der Waals surface area (Å²) in [5.74, 6) is 0.871. The Bertz CT molecular complexity index is 498. The van der Waals surface area contributed by atoms with Crippen molar-refractivity contribution in [2.24, 2.45) is 0 Å². The number of methoxy groups -OCH3 is 2. The lowest BCUT2D eigenvalue weighted by atomic mass is 10.1. The molecule has 0 aliphatic rings. The van der Waals surface area contributed by atoms with Crippen LogP contribution in [0.2, 0.25) is 0 Å². The number of rotatable bonds is 5. The molecule has 2 rings (SSSR count). The molecule has 96 valence electrons. The van der Waals surface area contributed by atoms with Crippen LogP contribution in [0.1, 0.15) is 16.5 Å². The Morgan fingerprint density at radius 1 is 1.22 bits per heavy atom. The van der Waals surface area contributed by atoms with Crippen molar-refractivity contribution in [3.63, 3.8) is 0 Å². The minimum absolute atomic E-state index is 0.0193. The Morgan fingerprint density at radius 3 is 2.50 bits per heavy atom. The zero-order valence-corrected chi connectivity index (χ0v) is 11.3. The topological polar surface area (TPSA) is 56.3 Å². The summed E-state index contributed by atoms with van der Waals surface area (Å²) in [6.45, 7) is 0. The first-order valence-corrected chi connectivity index (χ1v) is 6.32. The van der Waals surface area contributed by atoms with Crippen LogP contribution < -0.4 is 14.8 Å². The van der Waals surface area contributed by atoms with E-state index in [-0.39, 0.29) is 6.04 Å². The van der Waals surface area contributed by atoms with E-state index in [0.29, 0.717) is 6.01 Å². The molecule has 1 N–H and O–H groups in total. The summed E-state index contributed by atoms with van der Waals surface area (Å²) in [6.07, 6.45) is 3.51. The van der Waals surface area contributed by atoms with E-state index in [2.05, 4.69) is 15.3 Å². The summed E-state index contributed by atoms with van der Waals surface area (Å²) in [5.41, 5.74) is 0.971. The molecule has 2 heterocycles. The van der Waals surface area contributed by atoms with Gasteiger partial charge in [-0.15, -0.1) is 11.3 Å². The van der Waals surface area contributed by atoms with Crippen LogP contribution in [-0.2, 0) is 0 Å². The van der Waals surface area contributed by atoms with Gasteiger partial charge in [0.25, 0.3) is 0 Å². The summed E-state index contributed by atoms with van der Waals surface area (Å²) in [4.78, 5) is 9.35. The quantitative estimate of drug-likeness (QED) is 0.894. The minimum Gasteiger partial charge on any atom is -0.496 e. The number of nitrogens with zero attached hydrogens (tertiary/aromatic N) is 2. The fourth-order valence-corrected chi connectivity index (χ4v) is 2.71. The van der Waals surface area contributed by atoms with Gasteiger partial charge in [0, 0.05) is 18.0 Å². The molecule has 0 aromatic carbocycles. The van der Waals surface area contributed by atoms with Crippen LogP contribution in [-0.4, -0.2) is 31.2 Å². The molecule has 0 amide bonds. The van der Waals surface area contributed by atoms with E-state index in [4.69, 9.17) is 9.47 Å². The van der Waals surface area contributed by atoms with E-state index >= 15 is 0 Å². The molecule has 0 fully saturated rings. The third-order valence-electron chi connectivity index (χ3n) is 2.59. The minimum atomic E-state index is 0.0193. The lowest BCUT2D eigenvalue weighted by molar-refractivity contribution is 0.378. The van der Waals surface area contributed by atoms with Crippen molar-refractivity contribution in [1.82, 2.24) is 15.3 Å². The zero-order chi connectivity index (χ0) is 13.0. The monoisotopic (exact) mass is 265 g/mol. The second-order valence-electron chi connectivity index (χ2n) is 3.58. The smallest absolute Gasteiger partial charge is 0.316 e. The average Bonchev–Trinajstić information content (AvgIpc) is 2.89. The number of hydrogen-bond donors (Lipinski definition) is 1. The summed E-state index contributed by atoms with van der Waals surface area (Å²) in [5, 5.41) is 5.25. The largest absolute Gasteiger partial charge is 0.496 e. The number of thiophene rings is 1. The van der Waals surface area contributed by atoms with Gasteiger partial charge in [-0.3, -0.25) is 0 Å². The molecule has 0 aliphatic heterocycles. The number of ether oxygens (including phenoxy) is 2. The second kappa shape index (κ2) is 5.79. The zero-order valence-electron chi connectivity index (χ0n) is 10.5. The highest BCUT2D eigenvalue weighted by atomic mass is 32.1. The van der Waals surface area contributed by atoms with Crippen molar-refractivity contribution in [2.45, 2.75) is 6.04 Å². The molecule has 1 unspecified atom stereocenters. The molecule has 0 saturated heterocycles. The molecular weight excluding hydrogens is 250 g/mol. The summed E-state index contributed by atoms with van der Waals surface area (Å²) >= 11 is 1.64. The fourth-order valence-electron chi connectivity index (χ4n) is 1.72. The fraction of sp³-hybridized carbons (Fsp3) is 0.333.